The van der Waals surface area contributed by atoms with Crippen LogP contribution in [0.3, 0.4) is 0 Å². The molecule has 0 aliphatic heterocycles. The Bertz CT molecular complexity index is 589. The van der Waals surface area contributed by atoms with Crippen LogP contribution in [-0.2, 0) is 0 Å². The standard InChI is InChI=1S/C18H23N/c1-5-9-15(7-3)14-19-18-12-11-16(8-4)17(13-18)10-6-2/h5-13,19H,2,14H2,1,3-4H3/b9-5-,15-7+,16-8-,17-10-. The van der Waals surface area contributed by atoms with E-state index < -0.39 is 0 Å². The first-order valence-electron chi connectivity index (χ1n) is 6.66. The Morgan fingerprint density at radius 2 is 2.00 bits per heavy atom. The Morgan fingerprint density at radius 3 is 2.58 bits per heavy atom. The van der Waals surface area contributed by atoms with Crippen LogP contribution in [0.5, 0.6) is 0 Å². The molecule has 0 atom stereocenters. The van der Waals surface area contributed by atoms with E-state index >= 15 is 0 Å². The molecule has 0 saturated heterocycles. The summed E-state index contributed by atoms with van der Waals surface area (Å²) in [6.45, 7) is 10.7. The molecule has 1 heteroatoms. The topological polar surface area (TPSA) is 12.0 Å². The van der Waals surface area contributed by atoms with Crippen LogP contribution >= 0.6 is 0 Å². The zero-order valence-corrected chi connectivity index (χ0v) is 12.1. The summed E-state index contributed by atoms with van der Waals surface area (Å²) in [6, 6.07) is 6.39. The van der Waals surface area contributed by atoms with Crippen LogP contribution in [0, 0.1) is 0 Å². The summed E-state index contributed by atoms with van der Waals surface area (Å²) in [5.74, 6) is 0. The Hall–Kier alpha value is -2.02. The van der Waals surface area contributed by atoms with Gasteiger partial charge < -0.3 is 5.32 Å². The van der Waals surface area contributed by atoms with Crippen molar-refractivity contribution in [3.63, 3.8) is 0 Å². The quantitative estimate of drug-likeness (QED) is 0.793. The normalized spacial score (nSPS) is 14.2. The number of hydrogen-bond donors (Lipinski definition) is 1. The summed E-state index contributed by atoms with van der Waals surface area (Å²) in [4.78, 5) is 0. The fourth-order valence-corrected chi connectivity index (χ4v) is 1.89. The summed E-state index contributed by atoms with van der Waals surface area (Å²) in [6.07, 6.45) is 12.3. The van der Waals surface area contributed by atoms with E-state index in [-0.39, 0.29) is 0 Å². The van der Waals surface area contributed by atoms with E-state index in [1.165, 1.54) is 16.0 Å². The zero-order chi connectivity index (χ0) is 14.1. The fourth-order valence-electron chi connectivity index (χ4n) is 1.89. The van der Waals surface area contributed by atoms with E-state index in [2.05, 4.69) is 61.3 Å². The van der Waals surface area contributed by atoms with Gasteiger partial charge in [-0.05, 0) is 48.9 Å². The van der Waals surface area contributed by atoms with Gasteiger partial charge in [-0.1, -0.05) is 49.1 Å². The largest absolute Gasteiger partial charge is 0.381 e. The molecule has 1 aromatic rings. The molecule has 0 heterocycles. The predicted molar refractivity (Wildman–Crippen MR) is 87.6 cm³/mol. The monoisotopic (exact) mass is 253 g/mol. The molecule has 0 radical (unpaired) electrons. The van der Waals surface area contributed by atoms with Gasteiger partial charge in [-0.25, -0.2) is 0 Å². The highest BCUT2D eigenvalue weighted by molar-refractivity contribution is 5.50. The lowest BCUT2D eigenvalue weighted by Crippen LogP contribution is -2.24. The van der Waals surface area contributed by atoms with Gasteiger partial charge >= 0.3 is 0 Å². The van der Waals surface area contributed by atoms with Gasteiger partial charge in [0.2, 0.25) is 0 Å². The van der Waals surface area contributed by atoms with E-state index in [4.69, 9.17) is 0 Å². The number of benzene rings is 1. The number of rotatable bonds is 5. The molecule has 19 heavy (non-hydrogen) atoms. The van der Waals surface area contributed by atoms with E-state index in [0.717, 1.165) is 12.2 Å². The smallest absolute Gasteiger partial charge is 0.0397 e. The van der Waals surface area contributed by atoms with Crippen molar-refractivity contribution in [2.75, 3.05) is 11.9 Å². The lowest BCUT2D eigenvalue weighted by molar-refractivity contribution is 1.24. The van der Waals surface area contributed by atoms with Crippen molar-refractivity contribution in [2.24, 2.45) is 0 Å². The summed E-state index contributed by atoms with van der Waals surface area (Å²) in [5.41, 5.74) is 2.41. The van der Waals surface area contributed by atoms with Crippen LogP contribution < -0.4 is 15.8 Å². The zero-order valence-electron chi connectivity index (χ0n) is 12.1. The lowest BCUT2D eigenvalue weighted by Gasteiger charge is -2.07. The molecule has 1 rings (SSSR count). The Morgan fingerprint density at radius 1 is 1.21 bits per heavy atom. The third-order valence-corrected chi connectivity index (χ3v) is 2.94. The molecule has 0 aliphatic rings. The molecule has 0 bridgehead atoms. The molecule has 1 nitrogen and oxygen atoms in total. The second-order valence-corrected chi connectivity index (χ2v) is 4.25. The first-order valence-corrected chi connectivity index (χ1v) is 6.66. The van der Waals surface area contributed by atoms with Crippen LogP contribution in [-0.4, -0.2) is 6.54 Å². The van der Waals surface area contributed by atoms with Gasteiger partial charge in [-0.2, -0.15) is 0 Å². The van der Waals surface area contributed by atoms with Gasteiger partial charge in [0, 0.05) is 12.2 Å². The summed E-state index contributed by atoms with van der Waals surface area (Å²) in [5, 5.41) is 5.86. The molecule has 0 saturated carbocycles. The predicted octanol–water partition coefficient (Wildman–Crippen LogP) is 3.39. The van der Waals surface area contributed by atoms with Gasteiger partial charge in [-0.3, -0.25) is 0 Å². The van der Waals surface area contributed by atoms with Crippen LogP contribution in [0.4, 0.5) is 5.69 Å². The van der Waals surface area contributed by atoms with Crippen molar-refractivity contribution in [1.29, 1.82) is 0 Å². The van der Waals surface area contributed by atoms with Gasteiger partial charge in [0.15, 0.2) is 0 Å². The highest BCUT2D eigenvalue weighted by Gasteiger charge is 1.94. The average Bonchev–Trinajstić information content (AvgIpc) is 2.44. The van der Waals surface area contributed by atoms with Gasteiger partial charge in [0.05, 0.1) is 0 Å². The molecular formula is C18H23N. The molecule has 1 aromatic carbocycles. The molecule has 0 unspecified atom stereocenters. The number of nitrogens with one attached hydrogen (secondary N) is 1. The van der Waals surface area contributed by atoms with Crippen LogP contribution in [0.15, 0.2) is 54.7 Å². The van der Waals surface area contributed by atoms with Crippen molar-refractivity contribution < 1.29 is 0 Å². The van der Waals surface area contributed by atoms with Crippen molar-refractivity contribution >= 4 is 17.8 Å². The van der Waals surface area contributed by atoms with Crippen LogP contribution in [0.2, 0.25) is 0 Å². The lowest BCUT2D eigenvalue weighted by atomic mass is 10.2. The molecule has 0 aromatic heterocycles. The van der Waals surface area contributed by atoms with E-state index in [0.29, 0.717) is 0 Å². The van der Waals surface area contributed by atoms with E-state index in [1.54, 1.807) is 0 Å². The molecule has 0 fully saturated rings. The van der Waals surface area contributed by atoms with Crippen LogP contribution in [0.25, 0.3) is 12.2 Å². The minimum absolute atomic E-state index is 0.837. The second kappa shape index (κ2) is 8.15. The van der Waals surface area contributed by atoms with Crippen molar-refractivity contribution in [3.05, 3.63) is 65.1 Å². The minimum atomic E-state index is 0.837. The number of anilines is 1. The fraction of sp³-hybridized carbons (Fsp3) is 0.222. The third-order valence-electron chi connectivity index (χ3n) is 2.94. The van der Waals surface area contributed by atoms with Crippen molar-refractivity contribution in [1.82, 2.24) is 0 Å². The SMILES string of the molecule is C=C/C=c1/cc(NCC(/C=C\C)=C/C)cc/c1=C/C. The Balaban J connectivity index is 2.96. The van der Waals surface area contributed by atoms with E-state index in [9.17, 15) is 0 Å². The van der Waals surface area contributed by atoms with Crippen molar-refractivity contribution in [3.8, 4) is 0 Å². The van der Waals surface area contributed by atoms with Crippen molar-refractivity contribution in [2.45, 2.75) is 20.8 Å². The first kappa shape index (κ1) is 15.0. The molecule has 1 N–H and O–H groups in total. The maximum absolute atomic E-state index is 3.76. The first-order chi connectivity index (χ1) is 9.24. The highest BCUT2D eigenvalue weighted by atomic mass is 14.9. The van der Waals surface area contributed by atoms with Gasteiger partial charge in [0.25, 0.3) is 0 Å². The summed E-state index contributed by atoms with van der Waals surface area (Å²) >= 11 is 0. The third kappa shape index (κ3) is 4.63. The number of allylic oxidation sites excluding steroid dienone is 3. The molecule has 0 spiro atoms. The summed E-state index contributed by atoms with van der Waals surface area (Å²) < 4.78 is 0. The van der Waals surface area contributed by atoms with E-state index in [1.807, 2.05) is 26.0 Å². The highest BCUT2D eigenvalue weighted by Crippen LogP contribution is 2.04. The molecule has 0 aliphatic carbocycles. The molecule has 100 valence electrons. The average molecular weight is 253 g/mol. The van der Waals surface area contributed by atoms with Crippen LogP contribution in [0.1, 0.15) is 20.8 Å². The second-order valence-electron chi connectivity index (χ2n) is 4.25. The maximum atomic E-state index is 3.76. The van der Waals surface area contributed by atoms with Gasteiger partial charge in [-0.15, -0.1) is 0 Å². The minimum Gasteiger partial charge on any atom is -0.381 e. The Labute approximate surface area is 116 Å². The molecule has 0 amide bonds. The molecular weight excluding hydrogens is 230 g/mol. The maximum Gasteiger partial charge on any atom is 0.0397 e. The summed E-state index contributed by atoms with van der Waals surface area (Å²) in [7, 11) is 0. The number of hydrogen-bond acceptors (Lipinski definition) is 1. The van der Waals surface area contributed by atoms with Gasteiger partial charge in [0.1, 0.15) is 0 Å². The Kier molecular flexibility index (Phi) is 6.45.